The van der Waals surface area contributed by atoms with Crippen LogP contribution in [0.15, 0.2) is 12.0 Å². The van der Waals surface area contributed by atoms with E-state index in [9.17, 15) is 0 Å². The molecule has 1 rings (SSSR count). The van der Waals surface area contributed by atoms with Gasteiger partial charge >= 0.3 is 0 Å². The molecule has 0 bridgehead atoms. The van der Waals surface area contributed by atoms with Crippen molar-refractivity contribution in [1.82, 2.24) is 5.32 Å². The van der Waals surface area contributed by atoms with E-state index in [2.05, 4.69) is 35.0 Å². The van der Waals surface area contributed by atoms with Crippen LogP contribution in [0, 0.1) is 5.92 Å². The second-order valence-corrected chi connectivity index (χ2v) is 5.21. The second kappa shape index (κ2) is 5.16. The first kappa shape index (κ1) is 12.0. The third kappa shape index (κ3) is 2.51. The van der Waals surface area contributed by atoms with Gasteiger partial charge in [0.2, 0.25) is 0 Å². The highest BCUT2D eigenvalue weighted by Gasteiger charge is 2.37. The molecule has 1 nitrogen and oxygen atoms in total. The predicted molar refractivity (Wildman–Crippen MR) is 67.3 cm³/mol. The van der Waals surface area contributed by atoms with Gasteiger partial charge in [0.15, 0.2) is 0 Å². The van der Waals surface area contributed by atoms with Crippen LogP contribution in [0.5, 0.6) is 0 Å². The SMILES string of the molecule is C=C(P)NC1(CC)CCCCC1CC. The molecule has 0 amide bonds. The van der Waals surface area contributed by atoms with Gasteiger partial charge in [0, 0.05) is 11.0 Å². The number of hydrogen-bond donors (Lipinski definition) is 1. The van der Waals surface area contributed by atoms with Crippen LogP contribution in [0.2, 0.25) is 0 Å². The van der Waals surface area contributed by atoms with E-state index in [0.717, 1.165) is 11.4 Å². The van der Waals surface area contributed by atoms with Crippen molar-refractivity contribution in [2.45, 2.75) is 57.9 Å². The molecule has 0 heterocycles. The van der Waals surface area contributed by atoms with Gasteiger partial charge in [-0.25, -0.2) is 0 Å². The minimum Gasteiger partial charge on any atom is -0.380 e. The maximum Gasteiger partial charge on any atom is 0.0399 e. The molecule has 0 radical (unpaired) electrons. The predicted octanol–water partition coefficient (Wildman–Crippen LogP) is 3.67. The van der Waals surface area contributed by atoms with Crippen molar-refractivity contribution in [1.29, 1.82) is 0 Å². The van der Waals surface area contributed by atoms with E-state index in [1.807, 2.05) is 0 Å². The summed E-state index contributed by atoms with van der Waals surface area (Å²) >= 11 is 0. The summed E-state index contributed by atoms with van der Waals surface area (Å²) < 4.78 is 0. The molecular formula is C12H24NP. The van der Waals surface area contributed by atoms with E-state index >= 15 is 0 Å². The topological polar surface area (TPSA) is 12.0 Å². The zero-order chi connectivity index (χ0) is 10.6. The lowest BCUT2D eigenvalue weighted by molar-refractivity contribution is 0.146. The quantitative estimate of drug-likeness (QED) is 0.702. The molecule has 0 spiro atoms. The molecule has 14 heavy (non-hydrogen) atoms. The Labute approximate surface area is 90.9 Å². The molecule has 3 unspecified atom stereocenters. The van der Waals surface area contributed by atoms with Gasteiger partial charge in [-0.1, -0.05) is 48.9 Å². The molecule has 0 saturated heterocycles. The molecular weight excluding hydrogens is 189 g/mol. The lowest BCUT2D eigenvalue weighted by atomic mass is 9.70. The molecule has 1 aliphatic rings. The van der Waals surface area contributed by atoms with Crippen molar-refractivity contribution >= 4 is 9.24 Å². The highest BCUT2D eigenvalue weighted by Crippen LogP contribution is 2.39. The Balaban J connectivity index is 2.75. The molecule has 1 fully saturated rings. The van der Waals surface area contributed by atoms with Crippen molar-refractivity contribution < 1.29 is 0 Å². The summed E-state index contributed by atoms with van der Waals surface area (Å²) in [6, 6.07) is 0. The average Bonchev–Trinajstić information content (AvgIpc) is 2.17. The van der Waals surface area contributed by atoms with Crippen molar-refractivity contribution in [3.63, 3.8) is 0 Å². The van der Waals surface area contributed by atoms with Gasteiger partial charge in [-0.05, 0) is 25.2 Å². The van der Waals surface area contributed by atoms with E-state index in [4.69, 9.17) is 0 Å². The highest BCUT2D eigenvalue weighted by molar-refractivity contribution is 7.22. The maximum absolute atomic E-state index is 3.96. The Kier molecular flexibility index (Phi) is 4.44. The molecule has 1 N–H and O–H groups in total. The van der Waals surface area contributed by atoms with Gasteiger partial charge in [-0.3, -0.25) is 0 Å². The molecule has 0 aromatic heterocycles. The van der Waals surface area contributed by atoms with Crippen LogP contribution in [-0.4, -0.2) is 5.54 Å². The van der Waals surface area contributed by atoms with Gasteiger partial charge in [-0.2, -0.15) is 0 Å². The minimum atomic E-state index is 0.339. The molecule has 3 atom stereocenters. The largest absolute Gasteiger partial charge is 0.380 e. The average molecular weight is 213 g/mol. The van der Waals surface area contributed by atoms with Gasteiger partial charge in [0.05, 0.1) is 0 Å². The van der Waals surface area contributed by atoms with Gasteiger partial charge < -0.3 is 5.32 Å². The molecule has 82 valence electrons. The van der Waals surface area contributed by atoms with Crippen LogP contribution in [0.4, 0.5) is 0 Å². The Bertz CT molecular complexity index is 202. The van der Waals surface area contributed by atoms with Crippen LogP contribution >= 0.6 is 9.24 Å². The Morgan fingerprint density at radius 3 is 2.71 bits per heavy atom. The lowest BCUT2D eigenvalue weighted by Crippen LogP contribution is -2.51. The first-order chi connectivity index (χ1) is 6.64. The fourth-order valence-corrected chi connectivity index (χ4v) is 3.23. The summed E-state index contributed by atoms with van der Waals surface area (Å²) in [5, 5.41) is 3.61. The highest BCUT2D eigenvalue weighted by atomic mass is 31.0. The summed E-state index contributed by atoms with van der Waals surface area (Å²) in [4.78, 5) is 0. The summed E-state index contributed by atoms with van der Waals surface area (Å²) in [6.45, 7) is 8.58. The minimum absolute atomic E-state index is 0.339. The van der Waals surface area contributed by atoms with Crippen LogP contribution in [0.3, 0.4) is 0 Å². The van der Waals surface area contributed by atoms with Crippen molar-refractivity contribution in [2.24, 2.45) is 5.92 Å². The van der Waals surface area contributed by atoms with Crippen LogP contribution < -0.4 is 5.32 Å². The Morgan fingerprint density at radius 1 is 1.50 bits per heavy atom. The lowest BCUT2D eigenvalue weighted by Gasteiger charge is -2.45. The molecule has 0 aromatic carbocycles. The summed E-state index contributed by atoms with van der Waals surface area (Å²) in [5.41, 5.74) is 1.39. The normalized spacial score (nSPS) is 32.6. The Morgan fingerprint density at radius 2 is 2.21 bits per heavy atom. The summed E-state index contributed by atoms with van der Waals surface area (Å²) in [7, 11) is 2.68. The van der Waals surface area contributed by atoms with Gasteiger partial charge in [0.25, 0.3) is 0 Å². The van der Waals surface area contributed by atoms with Crippen LogP contribution in [0.1, 0.15) is 52.4 Å². The molecule has 0 aromatic rings. The zero-order valence-corrected chi connectivity index (χ0v) is 10.8. The number of nitrogens with one attached hydrogen (secondary N) is 1. The smallest absolute Gasteiger partial charge is 0.0399 e. The summed E-state index contributed by atoms with van der Waals surface area (Å²) in [6.07, 6.45) is 7.99. The van der Waals surface area contributed by atoms with E-state index in [-0.39, 0.29) is 0 Å². The first-order valence-corrected chi connectivity index (χ1v) is 6.45. The van der Waals surface area contributed by atoms with E-state index in [1.54, 1.807) is 0 Å². The standard InChI is InChI=1S/C12H24NP/c1-4-11-8-6-7-9-12(11,5-2)13-10(3)14/h11,13H,3-9,14H2,1-2H3. The van der Waals surface area contributed by atoms with Gasteiger partial charge in [0.1, 0.15) is 0 Å². The molecule has 2 heteroatoms. The van der Waals surface area contributed by atoms with Gasteiger partial charge in [-0.15, -0.1) is 0 Å². The van der Waals surface area contributed by atoms with E-state index in [0.29, 0.717) is 5.54 Å². The van der Waals surface area contributed by atoms with E-state index < -0.39 is 0 Å². The van der Waals surface area contributed by atoms with Crippen LogP contribution in [0.25, 0.3) is 0 Å². The third-order valence-corrected chi connectivity index (χ3v) is 3.88. The summed E-state index contributed by atoms with van der Waals surface area (Å²) in [5.74, 6) is 0.832. The monoisotopic (exact) mass is 213 g/mol. The fourth-order valence-electron chi connectivity index (χ4n) is 2.94. The second-order valence-electron chi connectivity index (χ2n) is 4.51. The molecule has 0 aliphatic heterocycles. The van der Waals surface area contributed by atoms with E-state index in [1.165, 1.54) is 38.5 Å². The first-order valence-electron chi connectivity index (χ1n) is 5.87. The van der Waals surface area contributed by atoms with Crippen molar-refractivity contribution in [3.05, 3.63) is 12.0 Å². The van der Waals surface area contributed by atoms with Crippen molar-refractivity contribution in [3.8, 4) is 0 Å². The van der Waals surface area contributed by atoms with Crippen molar-refractivity contribution in [2.75, 3.05) is 0 Å². The Hall–Kier alpha value is -0.0300. The maximum atomic E-state index is 3.96. The third-order valence-electron chi connectivity index (χ3n) is 3.74. The molecule has 1 aliphatic carbocycles. The number of rotatable bonds is 4. The fraction of sp³-hybridized carbons (Fsp3) is 0.833. The number of hydrogen-bond acceptors (Lipinski definition) is 1. The zero-order valence-electron chi connectivity index (χ0n) is 9.60. The molecule has 1 saturated carbocycles. The van der Waals surface area contributed by atoms with Crippen LogP contribution in [-0.2, 0) is 0 Å².